The highest BCUT2D eigenvalue weighted by atomic mass is 16.4. The molecular formula is C17H23N5O2. The van der Waals surface area contributed by atoms with Crippen LogP contribution in [0, 0.1) is 6.92 Å². The van der Waals surface area contributed by atoms with Crippen LogP contribution in [0.4, 0.5) is 0 Å². The zero-order valence-corrected chi connectivity index (χ0v) is 14.2. The summed E-state index contributed by atoms with van der Waals surface area (Å²) in [5.74, 6) is 0.957. The monoisotopic (exact) mass is 329 g/mol. The largest absolute Gasteiger partial charge is 0.421 e. The SMILES string of the molecule is Cc1ccc(-c2nnc(CCC(=O)NN3CCN(C)CC3)o2)cc1. The van der Waals surface area contributed by atoms with E-state index in [1.807, 2.05) is 36.2 Å². The average Bonchev–Trinajstić information content (AvgIpc) is 3.05. The second kappa shape index (κ2) is 7.55. The standard InChI is InChI=1S/C17H23N5O2/c1-13-3-5-14(6-4-13)17-19-18-16(24-17)8-7-15(23)20-22-11-9-21(2)10-12-22/h3-6H,7-12H2,1-2H3,(H,20,23). The molecule has 1 fully saturated rings. The van der Waals surface area contributed by atoms with Crippen LogP contribution in [-0.4, -0.2) is 59.2 Å². The van der Waals surface area contributed by atoms with Gasteiger partial charge in [-0.3, -0.25) is 10.2 Å². The van der Waals surface area contributed by atoms with Crippen molar-refractivity contribution in [2.24, 2.45) is 0 Å². The summed E-state index contributed by atoms with van der Waals surface area (Å²) in [6.45, 7) is 5.65. The number of nitrogens with one attached hydrogen (secondary N) is 1. The van der Waals surface area contributed by atoms with Crippen LogP contribution in [-0.2, 0) is 11.2 Å². The van der Waals surface area contributed by atoms with Crippen molar-refractivity contribution in [1.29, 1.82) is 0 Å². The van der Waals surface area contributed by atoms with Gasteiger partial charge in [-0.1, -0.05) is 17.7 Å². The quantitative estimate of drug-likeness (QED) is 0.890. The molecule has 7 heteroatoms. The summed E-state index contributed by atoms with van der Waals surface area (Å²) in [5, 5.41) is 10.0. The molecule has 0 atom stereocenters. The molecule has 1 aliphatic rings. The molecule has 7 nitrogen and oxygen atoms in total. The summed E-state index contributed by atoms with van der Waals surface area (Å²) < 4.78 is 5.64. The molecular weight excluding hydrogens is 306 g/mol. The molecule has 0 bridgehead atoms. The first-order valence-corrected chi connectivity index (χ1v) is 8.22. The number of hydrazine groups is 1. The molecule has 1 amide bonds. The first kappa shape index (κ1) is 16.6. The number of carbonyl (C=O) groups excluding carboxylic acids is 1. The molecule has 0 saturated carbocycles. The van der Waals surface area contributed by atoms with E-state index in [4.69, 9.17) is 4.42 Å². The molecule has 3 rings (SSSR count). The van der Waals surface area contributed by atoms with Gasteiger partial charge in [0.05, 0.1) is 0 Å². The highest BCUT2D eigenvalue weighted by Crippen LogP contribution is 2.18. The van der Waals surface area contributed by atoms with Crippen molar-refractivity contribution >= 4 is 5.91 Å². The fraction of sp³-hybridized carbons (Fsp3) is 0.471. The smallest absolute Gasteiger partial charge is 0.247 e. The summed E-state index contributed by atoms with van der Waals surface area (Å²) in [6, 6.07) is 7.91. The summed E-state index contributed by atoms with van der Waals surface area (Å²) >= 11 is 0. The maximum Gasteiger partial charge on any atom is 0.247 e. The summed E-state index contributed by atoms with van der Waals surface area (Å²) in [6.07, 6.45) is 0.778. The fourth-order valence-electron chi connectivity index (χ4n) is 2.54. The molecule has 1 aromatic carbocycles. The molecule has 1 N–H and O–H groups in total. The van der Waals surface area contributed by atoms with Crippen LogP contribution in [0.5, 0.6) is 0 Å². The van der Waals surface area contributed by atoms with Crippen molar-refractivity contribution in [1.82, 2.24) is 25.5 Å². The molecule has 0 spiro atoms. The van der Waals surface area contributed by atoms with Crippen molar-refractivity contribution < 1.29 is 9.21 Å². The van der Waals surface area contributed by atoms with Crippen LogP contribution in [0.15, 0.2) is 28.7 Å². The third kappa shape index (κ3) is 4.39. The second-order valence-corrected chi connectivity index (χ2v) is 6.19. The van der Waals surface area contributed by atoms with Crippen LogP contribution in [0.1, 0.15) is 17.9 Å². The molecule has 1 saturated heterocycles. The summed E-state index contributed by atoms with van der Waals surface area (Å²) in [4.78, 5) is 14.3. The van der Waals surface area contributed by atoms with Gasteiger partial charge in [-0.2, -0.15) is 0 Å². The number of amides is 1. The Morgan fingerprint density at radius 1 is 1.17 bits per heavy atom. The first-order chi connectivity index (χ1) is 11.6. The third-order valence-corrected chi connectivity index (χ3v) is 4.12. The van der Waals surface area contributed by atoms with Gasteiger partial charge in [-0.15, -0.1) is 10.2 Å². The highest BCUT2D eigenvalue weighted by molar-refractivity contribution is 5.75. The number of nitrogens with zero attached hydrogens (tertiary/aromatic N) is 4. The van der Waals surface area contributed by atoms with E-state index in [1.165, 1.54) is 5.56 Å². The van der Waals surface area contributed by atoms with E-state index in [0.717, 1.165) is 31.7 Å². The van der Waals surface area contributed by atoms with Crippen LogP contribution in [0.25, 0.3) is 11.5 Å². The van der Waals surface area contributed by atoms with Gasteiger partial charge >= 0.3 is 0 Å². The molecule has 2 heterocycles. The molecule has 2 aromatic rings. The van der Waals surface area contributed by atoms with Crippen molar-refractivity contribution in [3.8, 4) is 11.5 Å². The minimum absolute atomic E-state index is 0.0189. The number of aryl methyl sites for hydroxylation is 2. The van der Waals surface area contributed by atoms with Gasteiger partial charge in [-0.25, -0.2) is 5.01 Å². The van der Waals surface area contributed by atoms with E-state index in [9.17, 15) is 4.79 Å². The Morgan fingerprint density at radius 3 is 2.58 bits per heavy atom. The summed E-state index contributed by atoms with van der Waals surface area (Å²) in [5.41, 5.74) is 5.00. The van der Waals surface area contributed by atoms with Crippen LogP contribution in [0.2, 0.25) is 0 Å². The van der Waals surface area contributed by atoms with Crippen LogP contribution < -0.4 is 5.43 Å². The van der Waals surface area contributed by atoms with Gasteiger partial charge in [-0.05, 0) is 26.1 Å². The Bertz CT molecular complexity index is 675. The van der Waals surface area contributed by atoms with E-state index in [1.54, 1.807) is 0 Å². The number of likely N-dealkylation sites (N-methyl/N-ethyl adjacent to an activating group) is 1. The maximum absolute atomic E-state index is 12.0. The lowest BCUT2D eigenvalue weighted by Gasteiger charge is -2.32. The van der Waals surface area contributed by atoms with Crippen molar-refractivity contribution in [2.75, 3.05) is 33.2 Å². The van der Waals surface area contributed by atoms with Gasteiger partial charge in [0.1, 0.15) is 0 Å². The fourth-order valence-corrected chi connectivity index (χ4v) is 2.54. The van der Waals surface area contributed by atoms with Gasteiger partial charge in [0.2, 0.25) is 17.7 Å². The maximum atomic E-state index is 12.0. The molecule has 1 aromatic heterocycles. The van der Waals surface area contributed by atoms with E-state index in [0.29, 0.717) is 24.6 Å². The topological polar surface area (TPSA) is 74.5 Å². The Hall–Kier alpha value is -2.25. The molecule has 0 unspecified atom stereocenters. The minimum atomic E-state index is -0.0189. The van der Waals surface area contributed by atoms with Gasteiger partial charge < -0.3 is 9.32 Å². The Morgan fingerprint density at radius 2 is 1.88 bits per heavy atom. The predicted molar refractivity (Wildman–Crippen MR) is 90.0 cm³/mol. The Balaban J connectivity index is 1.48. The number of benzene rings is 1. The molecule has 128 valence electrons. The van der Waals surface area contributed by atoms with Crippen LogP contribution in [0.3, 0.4) is 0 Å². The normalized spacial score (nSPS) is 16.2. The third-order valence-electron chi connectivity index (χ3n) is 4.12. The number of rotatable bonds is 5. The number of carbonyl (C=O) groups is 1. The lowest BCUT2D eigenvalue weighted by Crippen LogP contribution is -2.52. The lowest BCUT2D eigenvalue weighted by atomic mass is 10.1. The average molecular weight is 329 g/mol. The lowest BCUT2D eigenvalue weighted by molar-refractivity contribution is -0.126. The van der Waals surface area contributed by atoms with Gasteiger partial charge in [0.15, 0.2) is 0 Å². The van der Waals surface area contributed by atoms with E-state index < -0.39 is 0 Å². The van der Waals surface area contributed by atoms with Crippen molar-refractivity contribution in [3.05, 3.63) is 35.7 Å². The Labute approximate surface area is 141 Å². The minimum Gasteiger partial charge on any atom is -0.421 e. The number of aromatic nitrogens is 2. The van der Waals surface area contributed by atoms with E-state index in [-0.39, 0.29) is 5.91 Å². The zero-order valence-electron chi connectivity index (χ0n) is 14.2. The number of hydrogen-bond donors (Lipinski definition) is 1. The summed E-state index contributed by atoms with van der Waals surface area (Å²) in [7, 11) is 2.08. The molecule has 0 radical (unpaired) electrons. The van der Waals surface area contributed by atoms with Crippen LogP contribution >= 0.6 is 0 Å². The highest BCUT2D eigenvalue weighted by Gasteiger charge is 2.16. The zero-order chi connectivity index (χ0) is 16.9. The number of hydrogen-bond acceptors (Lipinski definition) is 6. The first-order valence-electron chi connectivity index (χ1n) is 8.22. The van der Waals surface area contributed by atoms with E-state index >= 15 is 0 Å². The van der Waals surface area contributed by atoms with E-state index in [2.05, 4.69) is 27.6 Å². The molecule has 1 aliphatic heterocycles. The molecule has 0 aliphatic carbocycles. The van der Waals surface area contributed by atoms with Crippen molar-refractivity contribution in [3.63, 3.8) is 0 Å². The molecule has 24 heavy (non-hydrogen) atoms. The number of piperazine rings is 1. The van der Waals surface area contributed by atoms with Gasteiger partial charge in [0, 0.05) is 44.6 Å². The van der Waals surface area contributed by atoms with Crippen molar-refractivity contribution in [2.45, 2.75) is 19.8 Å². The van der Waals surface area contributed by atoms with Gasteiger partial charge in [0.25, 0.3) is 0 Å². The predicted octanol–water partition coefficient (Wildman–Crippen LogP) is 1.26. The second-order valence-electron chi connectivity index (χ2n) is 6.19. The Kier molecular flexibility index (Phi) is 5.22.